The maximum Gasteiger partial charge on any atom is 0.118 e. The van der Waals surface area contributed by atoms with E-state index in [0.29, 0.717) is 0 Å². The molecular formula is C11H16N2. The van der Waals surface area contributed by atoms with E-state index in [-0.39, 0.29) is 5.54 Å². The minimum absolute atomic E-state index is 0.144. The summed E-state index contributed by atoms with van der Waals surface area (Å²) in [6, 6.07) is 0. The number of hydrogen-bond acceptors (Lipinski definition) is 2. The van der Waals surface area contributed by atoms with Crippen molar-refractivity contribution < 1.29 is 0 Å². The van der Waals surface area contributed by atoms with Gasteiger partial charge in [0.1, 0.15) is 5.84 Å². The fraction of sp³-hybridized carbons (Fsp3) is 0.727. The molecule has 1 heterocycles. The SMILES string of the molecule is NC1=NC2(C=C1)CC1CCC2CC1. The topological polar surface area (TPSA) is 38.4 Å². The van der Waals surface area contributed by atoms with E-state index in [4.69, 9.17) is 5.73 Å². The van der Waals surface area contributed by atoms with Crippen LogP contribution in [0.3, 0.4) is 0 Å². The summed E-state index contributed by atoms with van der Waals surface area (Å²) in [5.41, 5.74) is 5.88. The van der Waals surface area contributed by atoms with Gasteiger partial charge >= 0.3 is 0 Å². The number of hydrogen-bond donors (Lipinski definition) is 1. The van der Waals surface area contributed by atoms with Gasteiger partial charge in [-0.15, -0.1) is 0 Å². The summed E-state index contributed by atoms with van der Waals surface area (Å²) in [6.45, 7) is 0. The third-order valence-corrected chi connectivity index (χ3v) is 4.05. The number of rotatable bonds is 0. The molecule has 13 heavy (non-hydrogen) atoms. The zero-order valence-corrected chi connectivity index (χ0v) is 7.87. The van der Waals surface area contributed by atoms with E-state index in [1.807, 2.05) is 6.08 Å². The lowest BCUT2D eigenvalue weighted by atomic mass is 9.61. The minimum atomic E-state index is 0.144. The summed E-state index contributed by atoms with van der Waals surface area (Å²) >= 11 is 0. The van der Waals surface area contributed by atoms with Gasteiger partial charge in [-0.2, -0.15) is 0 Å². The normalized spacial score (nSPS) is 47.2. The highest BCUT2D eigenvalue weighted by atomic mass is 15.0. The van der Waals surface area contributed by atoms with Crippen LogP contribution in [0.1, 0.15) is 32.1 Å². The van der Waals surface area contributed by atoms with Crippen molar-refractivity contribution in [2.45, 2.75) is 37.6 Å². The molecule has 0 amide bonds. The van der Waals surface area contributed by atoms with Gasteiger partial charge in [0.15, 0.2) is 0 Å². The van der Waals surface area contributed by atoms with E-state index in [9.17, 15) is 0 Å². The average Bonchev–Trinajstić information content (AvgIpc) is 2.49. The van der Waals surface area contributed by atoms with Gasteiger partial charge in [0.25, 0.3) is 0 Å². The Kier molecular flexibility index (Phi) is 1.38. The molecule has 0 saturated heterocycles. The Bertz CT molecular complexity index is 284. The van der Waals surface area contributed by atoms with Crippen LogP contribution in [0.15, 0.2) is 17.1 Å². The summed E-state index contributed by atoms with van der Waals surface area (Å²) in [5, 5.41) is 0. The summed E-state index contributed by atoms with van der Waals surface area (Å²) in [7, 11) is 0. The van der Waals surface area contributed by atoms with E-state index in [0.717, 1.165) is 17.7 Å². The predicted molar refractivity (Wildman–Crippen MR) is 53.6 cm³/mol. The Balaban J connectivity index is 1.97. The second-order valence-electron chi connectivity index (χ2n) is 4.78. The van der Waals surface area contributed by atoms with Crippen LogP contribution < -0.4 is 5.73 Å². The van der Waals surface area contributed by atoms with E-state index < -0.39 is 0 Å². The Morgan fingerprint density at radius 3 is 2.54 bits per heavy atom. The van der Waals surface area contributed by atoms with Gasteiger partial charge in [0.2, 0.25) is 0 Å². The molecule has 2 N–H and O–H groups in total. The third-order valence-electron chi connectivity index (χ3n) is 4.05. The fourth-order valence-corrected chi connectivity index (χ4v) is 3.38. The van der Waals surface area contributed by atoms with E-state index in [2.05, 4.69) is 11.1 Å². The molecule has 1 atom stereocenters. The Morgan fingerprint density at radius 1 is 1.31 bits per heavy atom. The van der Waals surface area contributed by atoms with Gasteiger partial charge in [-0.1, -0.05) is 6.08 Å². The summed E-state index contributed by atoms with van der Waals surface area (Å²) in [4.78, 5) is 4.65. The van der Waals surface area contributed by atoms with Crippen LogP contribution in [0.4, 0.5) is 0 Å². The first-order valence-electron chi connectivity index (χ1n) is 5.33. The maximum absolute atomic E-state index is 5.74. The van der Waals surface area contributed by atoms with Crippen molar-refractivity contribution in [1.29, 1.82) is 0 Å². The van der Waals surface area contributed by atoms with E-state index in [1.165, 1.54) is 32.1 Å². The first kappa shape index (κ1) is 7.60. The third kappa shape index (κ3) is 0.976. The number of aliphatic imine (C=N–C) groups is 1. The van der Waals surface area contributed by atoms with Gasteiger partial charge < -0.3 is 5.73 Å². The van der Waals surface area contributed by atoms with Crippen LogP contribution in [0, 0.1) is 11.8 Å². The van der Waals surface area contributed by atoms with Crippen LogP contribution >= 0.6 is 0 Å². The molecule has 0 aromatic rings. The quantitative estimate of drug-likeness (QED) is 0.601. The van der Waals surface area contributed by atoms with Gasteiger partial charge in [0, 0.05) is 0 Å². The summed E-state index contributed by atoms with van der Waals surface area (Å²) < 4.78 is 0. The molecule has 2 nitrogen and oxygen atoms in total. The number of fused-ring (bicyclic) bond motifs is 2. The molecule has 0 aromatic heterocycles. The standard InChI is InChI=1S/C11H16N2/c12-10-5-6-11(13-10)7-8-1-3-9(11)4-2-8/h5-6,8-9H,1-4,7H2,(H2,12,13). The van der Waals surface area contributed by atoms with Gasteiger partial charge in [-0.05, 0) is 50.0 Å². The maximum atomic E-state index is 5.74. The zero-order valence-electron chi connectivity index (χ0n) is 7.87. The van der Waals surface area contributed by atoms with E-state index in [1.54, 1.807) is 0 Å². The zero-order chi connectivity index (χ0) is 8.89. The molecule has 0 aromatic carbocycles. The van der Waals surface area contributed by atoms with Crippen molar-refractivity contribution in [3.05, 3.63) is 12.2 Å². The molecule has 4 aliphatic rings. The smallest absolute Gasteiger partial charge is 0.118 e. The fourth-order valence-electron chi connectivity index (χ4n) is 3.38. The minimum Gasteiger partial charge on any atom is -0.384 e. The molecule has 0 radical (unpaired) electrons. The number of amidine groups is 1. The van der Waals surface area contributed by atoms with E-state index >= 15 is 0 Å². The van der Waals surface area contributed by atoms with Crippen LogP contribution in [-0.2, 0) is 0 Å². The molecule has 1 unspecified atom stereocenters. The first-order chi connectivity index (χ1) is 6.28. The largest absolute Gasteiger partial charge is 0.384 e. The summed E-state index contributed by atoms with van der Waals surface area (Å²) in [6.07, 6.45) is 11.1. The van der Waals surface area contributed by atoms with Gasteiger partial charge in [0.05, 0.1) is 5.54 Å². The number of nitrogens with zero attached hydrogens (tertiary/aromatic N) is 1. The molecule has 2 heteroatoms. The molecule has 1 aliphatic heterocycles. The molecule has 4 rings (SSSR count). The van der Waals surface area contributed by atoms with Crippen molar-refractivity contribution in [1.82, 2.24) is 0 Å². The van der Waals surface area contributed by atoms with Crippen LogP contribution in [0.5, 0.6) is 0 Å². The molecule has 70 valence electrons. The lowest BCUT2D eigenvalue weighted by Crippen LogP contribution is -2.44. The highest BCUT2D eigenvalue weighted by molar-refractivity contribution is 5.94. The molecule has 1 spiro atoms. The highest BCUT2D eigenvalue weighted by Gasteiger charge is 2.47. The molecule has 3 aliphatic carbocycles. The lowest BCUT2D eigenvalue weighted by Gasteiger charge is -2.47. The Morgan fingerprint density at radius 2 is 2.08 bits per heavy atom. The average molecular weight is 176 g/mol. The molecule has 3 saturated carbocycles. The molecular weight excluding hydrogens is 160 g/mol. The van der Waals surface area contributed by atoms with Gasteiger partial charge in [-0.3, -0.25) is 4.99 Å². The van der Waals surface area contributed by atoms with Crippen LogP contribution in [0.2, 0.25) is 0 Å². The van der Waals surface area contributed by atoms with Crippen molar-refractivity contribution in [2.24, 2.45) is 22.6 Å². The van der Waals surface area contributed by atoms with Crippen molar-refractivity contribution >= 4 is 5.84 Å². The molecule has 3 fully saturated rings. The number of nitrogens with two attached hydrogens (primary N) is 1. The van der Waals surface area contributed by atoms with Crippen LogP contribution in [-0.4, -0.2) is 11.4 Å². The van der Waals surface area contributed by atoms with Crippen molar-refractivity contribution in [3.8, 4) is 0 Å². The second-order valence-corrected chi connectivity index (χ2v) is 4.78. The summed E-state index contributed by atoms with van der Waals surface area (Å²) in [5.74, 6) is 2.45. The van der Waals surface area contributed by atoms with Crippen molar-refractivity contribution in [2.75, 3.05) is 0 Å². The monoisotopic (exact) mass is 176 g/mol. The predicted octanol–water partition coefficient (Wildman–Crippen LogP) is 1.86. The van der Waals surface area contributed by atoms with Crippen LogP contribution in [0.25, 0.3) is 0 Å². The first-order valence-corrected chi connectivity index (χ1v) is 5.33. The highest BCUT2D eigenvalue weighted by Crippen LogP contribution is 2.51. The molecule has 2 bridgehead atoms. The Hall–Kier alpha value is -0.790. The van der Waals surface area contributed by atoms with Gasteiger partial charge in [-0.25, -0.2) is 0 Å². The second kappa shape index (κ2) is 2.37. The van der Waals surface area contributed by atoms with Crippen molar-refractivity contribution in [3.63, 3.8) is 0 Å². The Labute approximate surface area is 78.9 Å². The lowest BCUT2D eigenvalue weighted by molar-refractivity contribution is 0.105.